The molecule has 0 saturated heterocycles. The van der Waals surface area contributed by atoms with Crippen LogP contribution in [-0.4, -0.2) is 23.7 Å². The maximum absolute atomic E-state index is 5.29. The Hall–Kier alpha value is -7.76. The van der Waals surface area contributed by atoms with Crippen molar-refractivity contribution < 1.29 is 0 Å². The third-order valence-electron chi connectivity index (χ3n) is 12.6. The summed E-state index contributed by atoms with van der Waals surface area (Å²) in [6.45, 7) is 0. The zero-order valence-corrected chi connectivity index (χ0v) is 30.5. The summed E-state index contributed by atoms with van der Waals surface area (Å²) in [5, 5.41) is 27.4. The Balaban J connectivity index is 1.16. The lowest BCUT2D eigenvalue weighted by molar-refractivity contribution is 0.930. The molecule has 5 heterocycles. The van der Waals surface area contributed by atoms with E-state index in [2.05, 4.69) is 189 Å². The van der Waals surface area contributed by atoms with Crippen LogP contribution in [0.15, 0.2) is 176 Å². The molecule has 0 spiro atoms. The van der Waals surface area contributed by atoms with Gasteiger partial charge in [0.1, 0.15) is 0 Å². The molecule has 0 saturated carbocycles. The molecule has 0 N–H and O–H groups in total. The van der Waals surface area contributed by atoms with Crippen LogP contribution in [0.4, 0.5) is 0 Å². The molecule has 14 rings (SSSR count). The molecule has 5 heteroatoms. The molecule has 0 atom stereocenters. The highest BCUT2D eigenvalue weighted by molar-refractivity contribution is 6.36. The molecule has 5 aromatic heterocycles. The first-order valence-electron chi connectivity index (χ1n) is 19.5. The Bertz CT molecular complexity index is 4050. The lowest BCUT2D eigenvalue weighted by Crippen LogP contribution is -2.06. The van der Waals surface area contributed by atoms with Crippen molar-refractivity contribution in [1.29, 1.82) is 0 Å². The van der Waals surface area contributed by atoms with E-state index in [1.54, 1.807) is 0 Å². The van der Waals surface area contributed by atoms with Gasteiger partial charge in [0.2, 0.25) is 0 Å². The maximum atomic E-state index is 5.29. The molecule has 0 aliphatic rings. The van der Waals surface area contributed by atoms with Crippen LogP contribution in [0.2, 0.25) is 0 Å². The predicted octanol–water partition coefficient (Wildman–Crippen LogP) is 13.3. The van der Waals surface area contributed by atoms with Gasteiger partial charge in [-0.25, -0.2) is 0 Å². The summed E-state index contributed by atoms with van der Waals surface area (Å²) in [5.74, 6) is 1.64. The SMILES string of the molecule is c1ccc2cc3c(cc2c1)c1c2c4ccccc4n4c5ccccc5c(cc1n3-c1nnc(-n3c5ccccc5c5c6ccccc6ccc53)c3ccccc13)c24. The normalized spacial score (nSPS) is 12.6. The van der Waals surface area contributed by atoms with Crippen LogP contribution in [0.25, 0.3) is 126 Å². The van der Waals surface area contributed by atoms with E-state index in [4.69, 9.17) is 10.2 Å². The second-order valence-corrected chi connectivity index (χ2v) is 15.4. The standard InChI is InChI=1S/C52H29N5/c1-2-15-32-28-45-40(27-31(32)14-1)48-46(29-39-34-17-7-10-22-41(34)55-42-23-11-9-21-38(42)49(48)50(39)55)57(45)52-36-19-6-5-18-35(36)51(53-54-52)56-43-24-12-8-20-37(43)47-33-16-4-3-13-30(33)25-26-44(47)56/h1-29H. The van der Waals surface area contributed by atoms with E-state index in [-0.39, 0.29) is 0 Å². The molecule has 5 nitrogen and oxygen atoms in total. The highest BCUT2D eigenvalue weighted by Crippen LogP contribution is 2.48. The second-order valence-electron chi connectivity index (χ2n) is 15.4. The van der Waals surface area contributed by atoms with Crippen molar-refractivity contribution in [2.45, 2.75) is 0 Å². The van der Waals surface area contributed by atoms with Gasteiger partial charge in [-0.2, -0.15) is 0 Å². The van der Waals surface area contributed by atoms with E-state index in [9.17, 15) is 0 Å². The lowest BCUT2D eigenvalue weighted by atomic mass is 10.0. The van der Waals surface area contributed by atoms with E-state index in [0.717, 1.165) is 44.5 Å². The zero-order chi connectivity index (χ0) is 36.9. The van der Waals surface area contributed by atoms with Gasteiger partial charge in [-0.1, -0.05) is 133 Å². The fourth-order valence-corrected chi connectivity index (χ4v) is 10.3. The number of hydrogen-bond acceptors (Lipinski definition) is 2. The van der Waals surface area contributed by atoms with E-state index in [0.29, 0.717) is 0 Å². The van der Waals surface area contributed by atoms with Gasteiger partial charge in [-0.05, 0) is 64.0 Å². The molecular weight excluding hydrogens is 695 g/mol. The van der Waals surface area contributed by atoms with Crippen molar-refractivity contribution in [3.8, 4) is 11.6 Å². The molecule has 9 aromatic carbocycles. The average molecular weight is 724 g/mol. The van der Waals surface area contributed by atoms with Crippen molar-refractivity contribution in [2.24, 2.45) is 0 Å². The van der Waals surface area contributed by atoms with Crippen LogP contribution in [0.1, 0.15) is 0 Å². The first-order valence-corrected chi connectivity index (χ1v) is 19.5. The zero-order valence-electron chi connectivity index (χ0n) is 30.5. The van der Waals surface area contributed by atoms with E-state index in [1.807, 2.05) is 0 Å². The number of nitrogens with zero attached hydrogens (tertiary/aromatic N) is 5. The van der Waals surface area contributed by atoms with Gasteiger partial charge < -0.3 is 4.40 Å². The van der Waals surface area contributed by atoms with E-state index >= 15 is 0 Å². The third-order valence-corrected chi connectivity index (χ3v) is 12.6. The first-order chi connectivity index (χ1) is 28.3. The molecule has 262 valence electrons. The van der Waals surface area contributed by atoms with Gasteiger partial charge in [0.15, 0.2) is 11.6 Å². The number of rotatable bonds is 2. The van der Waals surface area contributed by atoms with Crippen LogP contribution < -0.4 is 0 Å². The Morgan fingerprint density at radius 1 is 0.281 bits per heavy atom. The van der Waals surface area contributed by atoms with Crippen molar-refractivity contribution >= 4 is 114 Å². The van der Waals surface area contributed by atoms with Crippen molar-refractivity contribution in [1.82, 2.24) is 23.7 Å². The molecule has 0 fully saturated rings. The summed E-state index contributed by atoms with van der Waals surface area (Å²) in [7, 11) is 0. The molecule has 0 amide bonds. The largest absolute Gasteiger partial charge is 0.308 e. The minimum atomic E-state index is 0.817. The summed E-state index contributed by atoms with van der Waals surface area (Å²) in [6, 6.07) is 64.0. The summed E-state index contributed by atoms with van der Waals surface area (Å²) in [6.07, 6.45) is 0. The molecule has 0 aliphatic carbocycles. The van der Waals surface area contributed by atoms with Crippen LogP contribution in [0.3, 0.4) is 0 Å². The number of hydrogen-bond donors (Lipinski definition) is 0. The Morgan fingerprint density at radius 3 is 1.53 bits per heavy atom. The van der Waals surface area contributed by atoms with Crippen LogP contribution in [0.5, 0.6) is 0 Å². The molecule has 57 heavy (non-hydrogen) atoms. The fourth-order valence-electron chi connectivity index (χ4n) is 10.3. The van der Waals surface area contributed by atoms with Gasteiger partial charge in [0.05, 0.1) is 38.6 Å². The van der Waals surface area contributed by atoms with Gasteiger partial charge in [-0.3, -0.25) is 9.13 Å². The van der Waals surface area contributed by atoms with Gasteiger partial charge in [0, 0.05) is 53.9 Å². The first kappa shape index (κ1) is 29.6. The number of aromatic nitrogens is 5. The molecular formula is C52H29N5. The Labute approximate surface area is 324 Å². The minimum absolute atomic E-state index is 0.817. The van der Waals surface area contributed by atoms with Gasteiger partial charge in [0.25, 0.3) is 0 Å². The number of benzene rings is 9. The Kier molecular flexibility index (Phi) is 5.45. The molecule has 0 radical (unpaired) electrons. The molecule has 0 bridgehead atoms. The number of para-hydroxylation sites is 3. The van der Waals surface area contributed by atoms with Crippen LogP contribution in [-0.2, 0) is 0 Å². The van der Waals surface area contributed by atoms with Crippen LogP contribution in [0, 0.1) is 0 Å². The fraction of sp³-hybridized carbons (Fsp3) is 0. The van der Waals surface area contributed by atoms with Gasteiger partial charge in [-0.15, -0.1) is 10.2 Å². The maximum Gasteiger partial charge on any atom is 0.168 e. The van der Waals surface area contributed by atoms with Crippen molar-refractivity contribution in [3.05, 3.63) is 176 Å². The monoisotopic (exact) mass is 723 g/mol. The summed E-state index contributed by atoms with van der Waals surface area (Å²) in [5.41, 5.74) is 8.18. The summed E-state index contributed by atoms with van der Waals surface area (Å²) < 4.78 is 7.17. The van der Waals surface area contributed by atoms with Gasteiger partial charge >= 0.3 is 0 Å². The van der Waals surface area contributed by atoms with E-state index in [1.165, 1.54) is 81.2 Å². The third kappa shape index (κ3) is 3.64. The highest BCUT2D eigenvalue weighted by atomic mass is 15.3. The molecule has 0 aliphatic heterocycles. The highest BCUT2D eigenvalue weighted by Gasteiger charge is 2.26. The smallest absolute Gasteiger partial charge is 0.168 e. The Morgan fingerprint density at radius 2 is 0.807 bits per heavy atom. The summed E-state index contributed by atoms with van der Waals surface area (Å²) >= 11 is 0. The van der Waals surface area contributed by atoms with Crippen molar-refractivity contribution in [3.63, 3.8) is 0 Å². The predicted molar refractivity (Wildman–Crippen MR) is 238 cm³/mol. The summed E-state index contributed by atoms with van der Waals surface area (Å²) in [4.78, 5) is 0. The topological polar surface area (TPSA) is 40.1 Å². The lowest BCUT2D eigenvalue weighted by Gasteiger charge is -2.14. The molecule has 0 unspecified atom stereocenters. The molecule has 14 aromatic rings. The van der Waals surface area contributed by atoms with Crippen molar-refractivity contribution in [2.75, 3.05) is 0 Å². The number of fused-ring (bicyclic) bond motifs is 17. The average Bonchev–Trinajstić information content (AvgIpc) is 3.99. The minimum Gasteiger partial charge on any atom is -0.308 e. The van der Waals surface area contributed by atoms with E-state index < -0.39 is 0 Å². The second kappa shape index (κ2) is 10.5. The van der Waals surface area contributed by atoms with Crippen LogP contribution >= 0.6 is 0 Å². The quantitative estimate of drug-likeness (QED) is 0.178.